The molecule has 1 unspecified atom stereocenters. The van der Waals surface area contributed by atoms with Gasteiger partial charge in [0.15, 0.2) is 5.69 Å². The third-order valence-electron chi connectivity index (χ3n) is 3.43. The van der Waals surface area contributed by atoms with E-state index in [9.17, 15) is 4.79 Å². The topological polar surface area (TPSA) is 53.4 Å². The van der Waals surface area contributed by atoms with Crippen molar-refractivity contribution in [1.82, 2.24) is 4.98 Å². The summed E-state index contributed by atoms with van der Waals surface area (Å²) in [6.07, 6.45) is 4.55. The molecule has 2 heterocycles. The highest BCUT2D eigenvalue weighted by Crippen LogP contribution is 2.27. The van der Waals surface area contributed by atoms with Crippen LogP contribution in [0.5, 0.6) is 0 Å². The van der Waals surface area contributed by atoms with Gasteiger partial charge in [0.1, 0.15) is 5.82 Å². The lowest BCUT2D eigenvalue weighted by Gasteiger charge is -2.36. The third-order valence-corrected chi connectivity index (χ3v) is 3.73. The first-order chi connectivity index (χ1) is 8.63. The molecule has 1 N–H and O–H groups in total. The Kier molecular flexibility index (Phi) is 4.07. The zero-order valence-electron chi connectivity index (χ0n) is 10.4. The van der Waals surface area contributed by atoms with Crippen molar-refractivity contribution in [2.45, 2.75) is 38.6 Å². The van der Waals surface area contributed by atoms with Gasteiger partial charge in [0.05, 0.1) is 5.02 Å². The number of hydrogen-bond donors (Lipinski definition) is 1. The van der Waals surface area contributed by atoms with E-state index in [1.54, 1.807) is 6.07 Å². The molecule has 0 radical (unpaired) electrons. The van der Waals surface area contributed by atoms with Crippen LogP contribution in [0, 0.1) is 0 Å². The molecule has 98 valence electrons. The summed E-state index contributed by atoms with van der Waals surface area (Å²) >= 11 is 5.84. The molecule has 1 aromatic rings. The fourth-order valence-electron chi connectivity index (χ4n) is 2.47. The zero-order valence-corrected chi connectivity index (χ0v) is 11.2. The van der Waals surface area contributed by atoms with Gasteiger partial charge in [0, 0.05) is 12.6 Å². The average molecular weight is 269 g/mol. The molecule has 2 rings (SSSR count). The van der Waals surface area contributed by atoms with Crippen molar-refractivity contribution in [3.8, 4) is 0 Å². The molecule has 1 aliphatic heterocycles. The Bertz CT molecular complexity index is 451. The van der Waals surface area contributed by atoms with Gasteiger partial charge < -0.3 is 10.0 Å². The number of carboxylic acids is 1. The molecule has 1 aromatic heterocycles. The molecule has 1 atom stereocenters. The van der Waals surface area contributed by atoms with Crippen LogP contribution in [0.1, 0.15) is 43.1 Å². The van der Waals surface area contributed by atoms with Crippen LogP contribution in [0.15, 0.2) is 12.1 Å². The van der Waals surface area contributed by atoms with E-state index >= 15 is 0 Å². The number of anilines is 1. The van der Waals surface area contributed by atoms with Crippen LogP contribution in [0.25, 0.3) is 0 Å². The van der Waals surface area contributed by atoms with Crippen molar-refractivity contribution in [3.05, 3.63) is 22.8 Å². The Morgan fingerprint density at radius 1 is 1.56 bits per heavy atom. The normalized spacial score (nSPS) is 19.9. The summed E-state index contributed by atoms with van der Waals surface area (Å²) in [5.74, 6) is -0.352. The maximum atomic E-state index is 11.0. The molecule has 0 aromatic carbocycles. The Labute approximate surface area is 112 Å². The maximum absolute atomic E-state index is 11.0. The fraction of sp³-hybridized carbons (Fsp3) is 0.538. The predicted molar refractivity (Wildman–Crippen MR) is 71.5 cm³/mol. The Morgan fingerprint density at radius 2 is 2.33 bits per heavy atom. The molecular formula is C13H17ClN2O2. The predicted octanol–water partition coefficient (Wildman–Crippen LogP) is 3.20. The number of pyridine rings is 1. The zero-order chi connectivity index (χ0) is 13.1. The van der Waals surface area contributed by atoms with Crippen LogP contribution in [0.2, 0.25) is 5.02 Å². The number of aromatic nitrogens is 1. The van der Waals surface area contributed by atoms with Crippen molar-refractivity contribution in [3.63, 3.8) is 0 Å². The van der Waals surface area contributed by atoms with Gasteiger partial charge in [0.25, 0.3) is 0 Å². The van der Waals surface area contributed by atoms with E-state index in [0.29, 0.717) is 6.04 Å². The molecular weight excluding hydrogens is 252 g/mol. The Balaban J connectivity index is 2.32. The van der Waals surface area contributed by atoms with Crippen molar-refractivity contribution < 1.29 is 9.90 Å². The van der Waals surface area contributed by atoms with E-state index in [-0.39, 0.29) is 10.7 Å². The average Bonchev–Trinajstić information content (AvgIpc) is 2.39. The molecule has 1 fully saturated rings. The Morgan fingerprint density at radius 3 is 3.00 bits per heavy atom. The minimum Gasteiger partial charge on any atom is -0.476 e. The van der Waals surface area contributed by atoms with Gasteiger partial charge in [0.2, 0.25) is 0 Å². The molecule has 0 bridgehead atoms. The lowest BCUT2D eigenvalue weighted by molar-refractivity contribution is 0.0690. The highest BCUT2D eigenvalue weighted by Gasteiger charge is 2.23. The summed E-state index contributed by atoms with van der Waals surface area (Å²) < 4.78 is 0. The van der Waals surface area contributed by atoms with Crippen molar-refractivity contribution in [1.29, 1.82) is 0 Å². The first-order valence-corrected chi connectivity index (χ1v) is 6.67. The van der Waals surface area contributed by atoms with E-state index in [0.717, 1.165) is 31.6 Å². The fourth-order valence-corrected chi connectivity index (χ4v) is 2.65. The van der Waals surface area contributed by atoms with Gasteiger partial charge in [-0.15, -0.1) is 0 Å². The van der Waals surface area contributed by atoms with Crippen LogP contribution in [-0.4, -0.2) is 28.6 Å². The number of piperidine rings is 1. The number of carbonyl (C=O) groups is 1. The Hall–Kier alpha value is -1.29. The first-order valence-electron chi connectivity index (χ1n) is 6.30. The number of halogens is 1. The summed E-state index contributed by atoms with van der Waals surface area (Å²) in [4.78, 5) is 17.4. The van der Waals surface area contributed by atoms with E-state index < -0.39 is 5.97 Å². The molecule has 0 spiro atoms. The largest absolute Gasteiger partial charge is 0.476 e. The smallest absolute Gasteiger partial charge is 0.356 e. The summed E-state index contributed by atoms with van der Waals surface area (Å²) in [5, 5.41) is 9.24. The number of carboxylic acid groups (broad SMARTS) is 1. The monoisotopic (exact) mass is 268 g/mol. The van der Waals surface area contributed by atoms with Crippen molar-refractivity contribution >= 4 is 23.4 Å². The third kappa shape index (κ3) is 2.58. The maximum Gasteiger partial charge on any atom is 0.356 e. The van der Waals surface area contributed by atoms with E-state index in [1.807, 2.05) is 6.07 Å². The lowest BCUT2D eigenvalue weighted by Crippen LogP contribution is -2.39. The molecule has 1 aliphatic rings. The van der Waals surface area contributed by atoms with E-state index in [4.69, 9.17) is 16.7 Å². The number of aromatic carboxylic acids is 1. The molecule has 18 heavy (non-hydrogen) atoms. The molecule has 0 aliphatic carbocycles. The minimum absolute atomic E-state index is 0.0606. The van der Waals surface area contributed by atoms with E-state index in [1.165, 1.54) is 6.42 Å². The molecule has 0 saturated carbocycles. The van der Waals surface area contributed by atoms with Crippen LogP contribution >= 0.6 is 11.6 Å². The van der Waals surface area contributed by atoms with Crippen LogP contribution in [-0.2, 0) is 0 Å². The van der Waals surface area contributed by atoms with E-state index in [2.05, 4.69) is 16.8 Å². The van der Waals surface area contributed by atoms with Crippen LogP contribution < -0.4 is 4.90 Å². The lowest BCUT2D eigenvalue weighted by atomic mass is 10.00. The van der Waals surface area contributed by atoms with Gasteiger partial charge in [-0.25, -0.2) is 9.78 Å². The van der Waals surface area contributed by atoms with Crippen LogP contribution in [0.3, 0.4) is 0 Å². The summed E-state index contributed by atoms with van der Waals surface area (Å²) in [6, 6.07) is 3.88. The number of hydrogen-bond acceptors (Lipinski definition) is 3. The molecule has 1 saturated heterocycles. The van der Waals surface area contributed by atoms with Gasteiger partial charge in [-0.05, 0) is 37.8 Å². The summed E-state index contributed by atoms with van der Waals surface area (Å²) in [5.41, 5.74) is -0.0606. The quantitative estimate of drug-likeness (QED) is 0.915. The second-order valence-corrected chi connectivity index (χ2v) is 4.96. The second kappa shape index (κ2) is 5.57. The van der Waals surface area contributed by atoms with Gasteiger partial charge >= 0.3 is 5.97 Å². The SMILES string of the molecule is CCC1CCCCN1c1ccc(Cl)c(C(=O)O)n1. The standard InChI is InChI=1S/C13H17ClN2O2/c1-2-9-5-3-4-8-16(9)11-7-6-10(14)12(15-11)13(17)18/h6-7,9H,2-5,8H2,1H3,(H,17,18). The first kappa shape index (κ1) is 13.1. The number of nitrogens with zero attached hydrogens (tertiary/aromatic N) is 2. The minimum atomic E-state index is -1.08. The molecule has 0 amide bonds. The summed E-state index contributed by atoms with van der Waals surface area (Å²) in [7, 11) is 0. The van der Waals surface area contributed by atoms with Gasteiger partial charge in [-0.1, -0.05) is 18.5 Å². The van der Waals surface area contributed by atoms with Gasteiger partial charge in [-0.3, -0.25) is 0 Å². The highest BCUT2D eigenvalue weighted by atomic mass is 35.5. The molecule has 5 heteroatoms. The van der Waals surface area contributed by atoms with Crippen LogP contribution in [0.4, 0.5) is 5.82 Å². The van der Waals surface area contributed by atoms with Gasteiger partial charge in [-0.2, -0.15) is 0 Å². The summed E-state index contributed by atoms with van der Waals surface area (Å²) in [6.45, 7) is 3.09. The molecule has 4 nitrogen and oxygen atoms in total. The second-order valence-electron chi connectivity index (χ2n) is 4.56. The number of rotatable bonds is 3. The highest BCUT2D eigenvalue weighted by molar-refractivity contribution is 6.33. The van der Waals surface area contributed by atoms with Crippen molar-refractivity contribution in [2.24, 2.45) is 0 Å². The van der Waals surface area contributed by atoms with Crippen molar-refractivity contribution in [2.75, 3.05) is 11.4 Å².